The van der Waals surface area contributed by atoms with Crippen LogP contribution in [0.4, 0.5) is 0 Å². The third-order valence-electron chi connectivity index (χ3n) is 4.77. The van der Waals surface area contributed by atoms with Gasteiger partial charge in [0.1, 0.15) is 0 Å². The Morgan fingerprint density at radius 3 is 2.35 bits per heavy atom. The van der Waals surface area contributed by atoms with E-state index in [-0.39, 0.29) is 11.7 Å². The van der Waals surface area contributed by atoms with Gasteiger partial charge in [0.15, 0.2) is 0 Å². The Hall–Kier alpha value is -0.0800. The quantitative estimate of drug-likeness (QED) is 0.794. The van der Waals surface area contributed by atoms with E-state index in [4.69, 9.17) is 4.74 Å². The van der Waals surface area contributed by atoms with Crippen LogP contribution in [0, 0.1) is 5.92 Å². The van der Waals surface area contributed by atoms with Gasteiger partial charge < -0.3 is 9.84 Å². The standard InChI is InChI=1S/C15H28O2/c1-2-17-15(10-6-7-11-15)14(16)12-13-8-4-3-5-9-13/h13-14,16H,2-12H2,1H3. The summed E-state index contributed by atoms with van der Waals surface area (Å²) < 4.78 is 5.94. The van der Waals surface area contributed by atoms with E-state index in [9.17, 15) is 5.11 Å². The molecule has 0 aliphatic heterocycles. The molecular formula is C15H28O2. The van der Waals surface area contributed by atoms with Crippen molar-refractivity contribution in [1.82, 2.24) is 0 Å². The van der Waals surface area contributed by atoms with Gasteiger partial charge in [0.2, 0.25) is 0 Å². The monoisotopic (exact) mass is 240 g/mol. The zero-order valence-electron chi connectivity index (χ0n) is 11.3. The molecule has 0 bridgehead atoms. The molecule has 0 aromatic rings. The van der Waals surface area contributed by atoms with Crippen LogP contribution in [-0.4, -0.2) is 23.4 Å². The molecule has 2 rings (SSSR count). The number of aliphatic hydroxyl groups is 1. The van der Waals surface area contributed by atoms with E-state index in [1.54, 1.807) is 0 Å². The minimum atomic E-state index is -0.229. The number of ether oxygens (including phenoxy) is 1. The van der Waals surface area contributed by atoms with E-state index in [0.29, 0.717) is 0 Å². The molecule has 0 spiro atoms. The third kappa shape index (κ3) is 3.23. The molecule has 0 aromatic carbocycles. The minimum absolute atomic E-state index is 0.188. The maximum Gasteiger partial charge on any atom is 0.0940 e. The first-order valence-corrected chi connectivity index (χ1v) is 7.59. The van der Waals surface area contributed by atoms with Crippen LogP contribution in [0.1, 0.15) is 71.1 Å². The Morgan fingerprint density at radius 1 is 1.12 bits per heavy atom. The van der Waals surface area contributed by atoms with Gasteiger partial charge in [-0.05, 0) is 32.1 Å². The molecule has 2 heteroatoms. The van der Waals surface area contributed by atoms with E-state index in [0.717, 1.165) is 31.8 Å². The van der Waals surface area contributed by atoms with Gasteiger partial charge in [0.25, 0.3) is 0 Å². The molecule has 0 aromatic heterocycles. The average Bonchev–Trinajstić information content (AvgIpc) is 2.81. The highest BCUT2D eigenvalue weighted by Crippen LogP contribution is 2.40. The van der Waals surface area contributed by atoms with Gasteiger partial charge in [0.05, 0.1) is 11.7 Å². The molecule has 2 nitrogen and oxygen atoms in total. The summed E-state index contributed by atoms with van der Waals surface area (Å²) in [6.45, 7) is 2.79. The zero-order valence-corrected chi connectivity index (χ0v) is 11.3. The van der Waals surface area contributed by atoms with Crippen molar-refractivity contribution >= 4 is 0 Å². The maximum absolute atomic E-state index is 10.6. The number of hydrogen-bond donors (Lipinski definition) is 1. The topological polar surface area (TPSA) is 29.5 Å². The molecule has 17 heavy (non-hydrogen) atoms. The second kappa shape index (κ2) is 6.19. The van der Waals surface area contributed by atoms with Gasteiger partial charge in [-0.15, -0.1) is 0 Å². The van der Waals surface area contributed by atoms with Crippen molar-refractivity contribution < 1.29 is 9.84 Å². The number of hydrogen-bond acceptors (Lipinski definition) is 2. The Labute approximate surface area is 106 Å². The van der Waals surface area contributed by atoms with E-state index in [2.05, 4.69) is 0 Å². The summed E-state index contributed by atoms with van der Waals surface area (Å²) in [6.07, 6.45) is 12.1. The predicted octanol–water partition coefficient (Wildman–Crippen LogP) is 3.67. The van der Waals surface area contributed by atoms with Gasteiger partial charge in [-0.1, -0.05) is 44.9 Å². The first kappa shape index (κ1) is 13.4. The highest BCUT2D eigenvalue weighted by atomic mass is 16.5. The number of rotatable bonds is 5. The Morgan fingerprint density at radius 2 is 1.76 bits per heavy atom. The SMILES string of the molecule is CCOC1(C(O)CC2CCCCC2)CCCC1. The van der Waals surface area contributed by atoms with Crippen LogP contribution in [-0.2, 0) is 4.74 Å². The molecule has 1 unspecified atom stereocenters. The van der Waals surface area contributed by atoms with Gasteiger partial charge >= 0.3 is 0 Å². The van der Waals surface area contributed by atoms with Crippen LogP contribution in [0.2, 0.25) is 0 Å². The van der Waals surface area contributed by atoms with Crippen molar-refractivity contribution in [3.63, 3.8) is 0 Å². The Bertz CT molecular complexity index is 215. The highest BCUT2D eigenvalue weighted by Gasteiger charge is 2.42. The van der Waals surface area contributed by atoms with Gasteiger partial charge in [0, 0.05) is 6.61 Å². The van der Waals surface area contributed by atoms with Crippen molar-refractivity contribution in [2.45, 2.75) is 82.8 Å². The summed E-state index contributed by atoms with van der Waals surface area (Å²) >= 11 is 0. The van der Waals surface area contributed by atoms with Crippen molar-refractivity contribution in [3.8, 4) is 0 Å². The van der Waals surface area contributed by atoms with Crippen LogP contribution >= 0.6 is 0 Å². The fourth-order valence-corrected chi connectivity index (χ4v) is 3.79. The molecule has 2 fully saturated rings. The lowest BCUT2D eigenvalue weighted by atomic mass is 9.81. The van der Waals surface area contributed by atoms with Gasteiger partial charge in [-0.2, -0.15) is 0 Å². The molecule has 2 saturated carbocycles. The molecule has 1 atom stereocenters. The zero-order chi connectivity index (χ0) is 12.1. The Kier molecular flexibility index (Phi) is 4.87. The van der Waals surface area contributed by atoms with Crippen molar-refractivity contribution in [1.29, 1.82) is 0 Å². The first-order chi connectivity index (χ1) is 8.27. The smallest absolute Gasteiger partial charge is 0.0940 e. The molecule has 1 N–H and O–H groups in total. The molecular weight excluding hydrogens is 212 g/mol. The van der Waals surface area contributed by atoms with Gasteiger partial charge in [-0.25, -0.2) is 0 Å². The summed E-state index contributed by atoms with van der Waals surface area (Å²) in [5.74, 6) is 0.747. The van der Waals surface area contributed by atoms with E-state index in [1.165, 1.54) is 44.9 Å². The van der Waals surface area contributed by atoms with E-state index >= 15 is 0 Å². The summed E-state index contributed by atoms with van der Waals surface area (Å²) in [5.41, 5.74) is -0.188. The predicted molar refractivity (Wildman–Crippen MR) is 70.0 cm³/mol. The molecule has 2 aliphatic carbocycles. The summed E-state index contributed by atoms with van der Waals surface area (Å²) in [5, 5.41) is 10.6. The van der Waals surface area contributed by atoms with Crippen molar-refractivity contribution in [2.75, 3.05) is 6.61 Å². The van der Waals surface area contributed by atoms with Gasteiger partial charge in [-0.3, -0.25) is 0 Å². The van der Waals surface area contributed by atoms with Crippen LogP contribution in [0.5, 0.6) is 0 Å². The van der Waals surface area contributed by atoms with Crippen LogP contribution < -0.4 is 0 Å². The summed E-state index contributed by atoms with van der Waals surface area (Å²) in [6, 6.07) is 0. The molecule has 100 valence electrons. The second-order valence-electron chi connectivity index (χ2n) is 5.96. The lowest BCUT2D eigenvalue weighted by molar-refractivity contribution is -0.123. The second-order valence-corrected chi connectivity index (χ2v) is 5.96. The maximum atomic E-state index is 10.6. The average molecular weight is 240 g/mol. The largest absolute Gasteiger partial charge is 0.390 e. The lowest BCUT2D eigenvalue weighted by Crippen LogP contribution is -2.43. The summed E-state index contributed by atoms with van der Waals surface area (Å²) in [7, 11) is 0. The molecule has 0 saturated heterocycles. The number of aliphatic hydroxyl groups excluding tert-OH is 1. The van der Waals surface area contributed by atoms with E-state index < -0.39 is 0 Å². The molecule has 0 radical (unpaired) electrons. The summed E-state index contributed by atoms with van der Waals surface area (Å²) in [4.78, 5) is 0. The van der Waals surface area contributed by atoms with Crippen molar-refractivity contribution in [3.05, 3.63) is 0 Å². The fourth-order valence-electron chi connectivity index (χ4n) is 3.79. The first-order valence-electron chi connectivity index (χ1n) is 7.59. The van der Waals surface area contributed by atoms with Crippen LogP contribution in [0.25, 0.3) is 0 Å². The van der Waals surface area contributed by atoms with Crippen molar-refractivity contribution in [2.24, 2.45) is 5.92 Å². The Balaban J connectivity index is 1.89. The highest BCUT2D eigenvalue weighted by molar-refractivity contribution is 4.94. The van der Waals surface area contributed by atoms with Crippen LogP contribution in [0.3, 0.4) is 0 Å². The molecule has 2 aliphatic rings. The third-order valence-corrected chi connectivity index (χ3v) is 4.77. The van der Waals surface area contributed by atoms with Crippen LogP contribution in [0.15, 0.2) is 0 Å². The molecule has 0 heterocycles. The minimum Gasteiger partial charge on any atom is -0.390 e. The normalized spacial score (nSPS) is 27.2. The fraction of sp³-hybridized carbons (Fsp3) is 1.00. The van der Waals surface area contributed by atoms with E-state index in [1.807, 2.05) is 6.92 Å². The molecule has 0 amide bonds. The lowest BCUT2D eigenvalue weighted by Gasteiger charge is -2.36.